The molecule has 3 aliphatic heterocycles. The molecule has 248 valence electrons. The van der Waals surface area contributed by atoms with Crippen LogP contribution < -0.4 is 9.64 Å². The molecule has 2 bridgehead atoms. The summed E-state index contributed by atoms with van der Waals surface area (Å²) in [7, 11) is 0. The smallest absolute Gasteiger partial charge is 0.247 e. The summed E-state index contributed by atoms with van der Waals surface area (Å²) >= 11 is 5.48. The molecule has 7 atom stereocenters. The second-order valence-electron chi connectivity index (χ2n) is 14.4. The highest BCUT2D eigenvalue weighted by atomic mass is 79.9. The lowest BCUT2D eigenvalue weighted by Crippen LogP contribution is -2.61. The number of benzene rings is 1. The molecule has 0 aromatic heterocycles. The van der Waals surface area contributed by atoms with Crippen molar-refractivity contribution in [3.05, 3.63) is 49.6 Å². The Balaban J connectivity index is 1.80. The SMILES string of the molecule is C=CCN(C(=O)[C@H]1[C@@H]2SC3(CC2Br)C(C(=O)N(CC=C)C(C)(C)CC(C)(C)C)N([C@H](C)CO)C(=O)[C@H]13)c1ccc(OCC)cc1. The first-order chi connectivity index (χ1) is 21.1. The summed E-state index contributed by atoms with van der Waals surface area (Å²) < 4.78 is 4.78. The maximum absolute atomic E-state index is 14.9. The Morgan fingerprint density at radius 1 is 1.16 bits per heavy atom. The van der Waals surface area contributed by atoms with E-state index in [0.29, 0.717) is 31.0 Å². The minimum Gasteiger partial charge on any atom is -0.494 e. The Morgan fingerprint density at radius 2 is 1.78 bits per heavy atom. The summed E-state index contributed by atoms with van der Waals surface area (Å²) in [6.07, 6.45) is 4.73. The van der Waals surface area contributed by atoms with E-state index in [1.807, 2.05) is 36.1 Å². The van der Waals surface area contributed by atoms with Crippen molar-refractivity contribution in [2.45, 2.75) is 93.8 Å². The van der Waals surface area contributed by atoms with Crippen molar-refractivity contribution in [3.63, 3.8) is 0 Å². The van der Waals surface area contributed by atoms with Crippen molar-refractivity contribution in [2.75, 3.05) is 31.2 Å². The number of anilines is 1. The number of fused-ring (bicyclic) bond motifs is 1. The van der Waals surface area contributed by atoms with Crippen LogP contribution in [0.1, 0.15) is 61.3 Å². The van der Waals surface area contributed by atoms with Gasteiger partial charge in [-0.2, -0.15) is 0 Å². The van der Waals surface area contributed by atoms with Crippen molar-refractivity contribution >= 4 is 51.1 Å². The van der Waals surface area contributed by atoms with Crippen LogP contribution in [-0.2, 0) is 14.4 Å². The van der Waals surface area contributed by atoms with Crippen molar-refractivity contribution in [3.8, 4) is 5.75 Å². The van der Waals surface area contributed by atoms with Crippen LogP contribution in [0.3, 0.4) is 0 Å². The van der Waals surface area contributed by atoms with E-state index in [2.05, 4.69) is 63.7 Å². The predicted octanol–water partition coefficient (Wildman–Crippen LogP) is 5.68. The lowest BCUT2D eigenvalue weighted by atomic mass is 9.70. The first-order valence-corrected chi connectivity index (χ1v) is 17.7. The number of carbonyl (C=O) groups excluding carboxylic acids is 3. The van der Waals surface area contributed by atoms with Gasteiger partial charge >= 0.3 is 0 Å². The molecule has 1 N–H and O–H groups in total. The maximum Gasteiger partial charge on any atom is 0.247 e. The van der Waals surface area contributed by atoms with Crippen LogP contribution in [0.2, 0.25) is 0 Å². The Kier molecular flexibility index (Phi) is 10.6. The zero-order chi connectivity index (χ0) is 33.5. The van der Waals surface area contributed by atoms with Crippen molar-refractivity contribution in [2.24, 2.45) is 17.3 Å². The molecule has 3 amide bonds. The maximum atomic E-state index is 14.9. The Morgan fingerprint density at radius 3 is 2.31 bits per heavy atom. The number of nitrogens with zero attached hydrogens (tertiary/aromatic N) is 3. The Hall–Kier alpha value is -2.30. The van der Waals surface area contributed by atoms with Crippen LogP contribution in [0, 0.1) is 17.3 Å². The van der Waals surface area contributed by atoms with Gasteiger partial charge in [0, 0.05) is 34.4 Å². The van der Waals surface area contributed by atoms with Gasteiger partial charge in [0.15, 0.2) is 0 Å². The highest BCUT2D eigenvalue weighted by Gasteiger charge is 2.76. The molecule has 1 spiro atoms. The molecule has 8 nitrogen and oxygen atoms in total. The largest absolute Gasteiger partial charge is 0.494 e. The fourth-order valence-corrected chi connectivity index (χ4v) is 11.6. The van der Waals surface area contributed by atoms with E-state index >= 15 is 0 Å². The fourth-order valence-electron chi connectivity index (χ4n) is 8.02. The van der Waals surface area contributed by atoms with Crippen molar-refractivity contribution in [1.82, 2.24) is 9.80 Å². The van der Waals surface area contributed by atoms with Gasteiger partial charge in [0.1, 0.15) is 11.8 Å². The third kappa shape index (κ3) is 6.48. The number of hydrogen-bond acceptors (Lipinski definition) is 6. The Bertz CT molecular complexity index is 1300. The molecule has 1 aromatic rings. The molecule has 0 saturated carbocycles. The quantitative estimate of drug-likeness (QED) is 0.210. The monoisotopic (exact) mass is 703 g/mol. The zero-order valence-corrected chi connectivity index (χ0v) is 30.2. The molecular formula is C35H50BrN3O5S. The van der Waals surface area contributed by atoms with E-state index in [9.17, 15) is 19.5 Å². The third-order valence-electron chi connectivity index (χ3n) is 9.29. The highest BCUT2D eigenvalue weighted by Crippen LogP contribution is 2.68. The summed E-state index contributed by atoms with van der Waals surface area (Å²) in [6, 6.07) is 5.94. The van der Waals surface area contributed by atoms with Gasteiger partial charge in [-0.25, -0.2) is 0 Å². The summed E-state index contributed by atoms with van der Waals surface area (Å²) in [5, 5.41) is 10.1. The number of amides is 3. The number of carbonyl (C=O) groups is 3. The molecule has 4 rings (SSSR count). The molecule has 10 heteroatoms. The van der Waals surface area contributed by atoms with Crippen molar-refractivity contribution < 1.29 is 24.2 Å². The Labute approximate surface area is 281 Å². The van der Waals surface area contributed by atoms with Crippen LogP contribution in [0.15, 0.2) is 49.6 Å². The van der Waals surface area contributed by atoms with Gasteiger partial charge < -0.3 is 24.5 Å². The van der Waals surface area contributed by atoms with Gasteiger partial charge in [0.05, 0.1) is 35.8 Å². The average molecular weight is 705 g/mol. The first kappa shape index (κ1) is 35.6. The minimum absolute atomic E-state index is 0.0535. The predicted molar refractivity (Wildman–Crippen MR) is 186 cm³/mol. The molecule has 3 fully saturated rings. The van der Waals surface area contributed by atoms with Gasteiger partial charge in [-0.1, -0.05) is 48.9 Å². The van der Waals surface area contributed by atoms with Gasteiger partial charge in [0.2, 0.25) is 17.7 Å². The topological polar surface area (TPSA) is 90.4 Å². The lowest BCUT2D eigenvalue weighted by Gasteiger charge is -2.46. The molecule has 3 saturated heterocycles. The molecule has 3 unspecified atom stereocenters. The lowest BCUT2D eigenvalue weighted by molar-refractivity contribution is -0.148. The molecule has 0 aliphatic carbocycles. The summed E-state index contributed by atoms with van der Waals surface area (Å²) in [5.41, 5.74) is 0.104. The summed E-state index contributed by atoms with van der Waals surface area (Å²) in [6.45, 7) is 23.0. The van der Waals surface area contributed by atoms with E-state index in [1.165, 1.54) is 0 Å². The van der Waals surface area contributed by atoms with Crippen LogP contribution in [0.5, 0.6) is 5.75 Å². The van der Waals surface area contributed by atoms with Gasteiger partial charge in [-0.05, 0) is 70.2 Å². The van der Waals surface area contributed by atoms with Crippen molar-refractivity contribution in [1.29, 1.82) is 0 Å². The number of ether oxygens (including phenoxy) is 1. The minimum atomic E-state index is -0.831. The molecular weight excluding hydrogens is 654 g/mol. The second kappa shape index (κ2) is 13.4. The first-order valence-electron chi connectivity index (χ1n) is 15.9. The van der Waals surface area contributed by atoms with Crippen LogP contribution in [-0.4, -0.2) is 91.4 Å². The number of aliphatic hydroxyl groups is 1. The molecule has 3 aliphatic rings. The fraction of sp³-hybridized carbons (Fsp3) is 0.629. The second-order valence-corrected chi connectivity index (χ2v) is 17.1. The molecule has 45 heavy (non-hydrogen) atoms. The van der Waals surface area contributed by atoms with Gasteiger partial charge in [0.25, 0.3) is 0 Å². The van der Waals surface area contributed by atoms with E-state index in [4.69, 9.17) is 4.74 Å². The van der Waals surface area contributed by atoms with E-state index < -0.39 is 34.2 Å². The number of hydrogen-bond donors (Lipinski definition) is 1. The van der Waals surface area contributed by atoms with Crippen LogP contribution >= 0.6 is 27.7 Å². The van der Waals surface area contributed by atoms with E-state index in [-0.39, 0.29) is 46.4 Å². The normalized spacial score (nSPS) is 28.1. The van der Waals surface area contributed by atoms with Gasteiger partial charge in [-0.15, -0.1) is 24.9 Å². The number of aliphatic hydroxyl groups excluding tert-OH is 1. The zero-order valence-electron chi connectivity index (χ0n) is 27.8. The number of halogens is 1. The van der Waals surface area contributed by atoms with Gasteiger partial charge in [-0.3, -0.25) is 14.4 Å². The summed E-state index contributed by atoms with van der Waals surface area (Å²) in [4.78, 5) is 49.2. The molecule has 1 aromatic carbocycles. The standard InChI is InChI=1S/C35H50BrN3O5S/c1-10-17-37(23-13-15-24(16-14-23)44-12-3)30(41)26-27-31(42)39(22(4)20-40)29(35(27)19-25(36)28(26)45-35)32(43)38(18-11-2)34(8,9)21-33(5,6)7/h10-11,13-16,22,25-29,40H,1-2,12,17-21H2,3-9H3/t22-,25?,26-,27+,28-,29?,35?/m1/s1. The number of alkyl halides is 1. The van der Waals surface area contributed by atoms with Crippen LogP contribution in [0.4, 0.5) is 5.69 Å². The number of likely N-dealkylation sites (tertiary alicyclic amines) is 1. The van der Waals surface area contributed by atoms with E-state index in [1.54, 1.807) is 40.6 Å². The highest BCUT2D eigenvalue weighted by molar-refractivity contribution is 9.09. The number of thioether (sulfide) groups is 1. The number of rotatable bonds is 13. The molecule has 3 heterocycles. The van der Waals surface area contributed by atoms with E-state index in [0.717, 1.165) is 6.42 Å². The third-order valence-corrected chi connectivity index (χ3v) is 12.5. The average Bonchev–Trinajstić information content (AvgIpc) is 3.56. The van der Waals surface area contributed by atoms with Crippen LogP contribution in [0.25, 0.3) is 0 Å². The summed E-state index contributed by atoms with van der Waals surface area (Å²) in [5.74, 6) is -1.21. The molecule has 0 radical (unpaired) electrons.